The van der Waals surface area contributed by atoms with E-state index in [1.165, 1.54) is 58.2 Å². The molecular formula is C15H34N2. The van der Waals surface area contributed by atoms with Crippen molar-refractivity contribution in [3.8, 4) is 0 Å². The Morgan fingerprint density at radius 2 is 1.35 bits per heavy atom. The molecule has 0 amide bonds. The van der Waals surface area contributed by atoms with Crippen molar-refractivity contribution in [2.24, 2.45) is 11.1 Å². The van der Waals surface area contributed by atoms with Crippen LogP contribution in [0.5, 0.6) is 0 Å². The molecule has 0 aromatic carbocycles. The lowest BCUT2D eigenvalue weighted by Gasteiger charge is -2.36. The summed E-state index contributed by atoms with van der Waals surface area (Å²) in [4.78, 5) is 2.65. The third-order valence-corrected chi connectivity index (χ3v) is 4.15. The van der Waals surface area contributed by atoms with E-state index in [1.807, 2.05) is 0 Å². The van der Waals surface area contributed by atoms with Gasteiger partial charge in [-0.3, -0.25) is 0 Å². The van der Waals surface area contributed by atoms with Crippen LogP contribution in [0.3, 0.4) is 0 Å². The topological polar surface area (TPSA) is 29.3 Å². The summed E-state index contributed by atoms with van der Waals surface area (Å²) in [5.41, 5.74) is 6.36. The van der Waals surface area contributed by atoms with Crippen molar-refractivity contribution in [1.82, 2.24) is 4.90 Å². The van der Waals surface area contributed by atoms with Crippen LogP contribution in [0.4, 0.5) is 0 Å². The lowest BCUT2D eigenvalue weighted by molar-refractivity contribution is 0.140. The molecule has 0 aliphatic carbocycles. The van der Waals surface area contributed by atoms with Crippen LogP contribution in [0.25, 0.3) is 0 Å². The number of nitrogens with two attached hydrogens (primary N) is 1. The predicted octanol–water partition coefficient (Wildman–Crippen LogP) is 3.65. The van der Waals surface area contributed by atoms with E-state index in [0.29, 0.717) is 5.41 Å². The maximum atomic E-state index is 6.01. The van der Waals surface area contributed by atoms with Gasteiger partial charge < -0.3 is 10.6 Å². The molecule has 0 aromatic heterocycles. The molecule has 0 rings (SSSR count). The van der Waals surface area contributed by atoms with Crippen molar-refractivity contribution in [3.05, 3.63) is 0 Å². The average molecular weight is 242 g/mol. The van der Waals surface area contributed by atoms with E-state index in [1.54, 1.807) is 0 Å². The van der Waals surface area contributed by atoms with E-state index >= 15 is 0 Å². The van der Waals surface area contributed by atoms with Crippen molar-refractivity contribution in [1.29, 1.82) is 0 Å². The van der Waals surface area contributed by atoms with E-state index in [2.05, 4.69) is 32.6 Å². The van der Waals surface area contributed by atoms with E-state index in [0.717, 1.165) is 6.54 Å². The zero-order chi connectivity index (χ0) is 13.1. The Morgan fingerprint density at radius 1 is 0.882 bits per heavy atom. The summed E-state index contributed by atoms with van der Waals surface area (Å²) in [6.45, 7) is 13.6. The van der Waals surface area contributed by atoms with E-state index in [-0.39, 0.29) is 0 Å². The fourth-order valence-electron chi connectivity index (χ4n) is 2.33. The molecule has 17 heavy (non-hydrogen) atoms. The monoisotopic (exact) mass is 242 g/mol. The molecule has 2 heteroatoms. The second-order valence-electron chi connectivity index (χ2n) is 5.39. The first-order valence-electron chi connectivity index (χ1n) is 7.60. The summed E-state index contributed by atoms with van der Waals surface area (Å²) < 4.78 is 0. The van der Waals surface area contributed by atoms with Gasteiger partial charge in [-0.15, -0.1) is 0 Å². The van der Waals surface area contributed by atoms with Crippen LogP contribution in [0, 0.1) is 5.41 Å². The van der Waals surface area contributed by atoms with Gasteiger partial charge in [0.1, 0.15) is 0 Å². The molecule has 0 spiro atoms. The highest BCUT2D eigenvalue weighted by Gasteiger charge is 2.26. The highest BCUT2D eigenvalue weighted by Crippen LogP contribution is 2.26. The molecule has 0 heterocycles. The molecule has 0 radical (unpaired) electrons. The zero-order valence-corrected chi connectivity index (χ0v) is 12.6. The van der Waals surface area contributed by atoms with E-state index in [9.17, 15) is 0 Å². The van der Waals surface area contributed by atoms with Crippen LogP contribution in [0.15, 0.2) is 0 Å². The Bertz CT molecular complexity index is 148. The Morgan fingerprint density at radius 3 is 1.65 bits per heavy atom. The van der Waals surface area contributed by atoms with Gasteiger partial charge in [0.25, 0.3) is 0 Å². The number of rotatable bonds is 11. The van der Waals surface area contributed by atoms with Gasteiger partial charge in [0.05, 0.1) is 0 Å². The number of hydrogen-bond donors (Lipinski definition) is 1. The van der Waals surface area contributed by atoms with Gasteiger partial charge >= 0.3 is 0 Å². The largest absolute Gasteiger partial charge is 0.330 e. The van der Waals surface area contributed by atoms with Crippen LogP contribution >= 0.6 is 0 Å². The molecule has 0 aliphatic rings. The van der Waals surface area contributed by atoms with Gasteiger partial charge in [-0.2, -0.15) is 0 Å². The highest BCUT2D eigenvalue weighted by atomic mass is 15.1. The third-order valence-electron chi connectivity index (χ3n) is 4.15. The number of hydrogen-bond acceptors (Lipinski definition) is 2. The maximum Gasteiger partial charge on any atom is 0.00499 e. The summed E-state index contributed by atoms with van der Waals surface area (Å²) in [5, 5.41) is 0. The second kappa shape index (κ2) is 9.90. The zero-order valence-electron chi connectivity index (χ0n) is 12.6. The molecule has 0 bridgehead atoms. The molecule has 2 nitrogen and oxygen atoms in total. The van der Waals surface area contributed by atoms with Crippen molar-refractivity contribution in [2.75, 3.05) is 26.2 Å². The van der Waals surface area contributed by atoms with Crippen molar-refractivity contribution < 1.29 is 0 Å². The first kappa shape index (κ1) is 16.9. The fourth-order valence-corrected chi connectivity index (χ4v) is 2.33. The van der Waals surface area contributed by atoms with E-state index in [4.69, 9.17) is 5.73 Å². The normalized spacial score (nSPS) is 12.4. The quantitative estimate of drug-likeness (QED) is 0.599. The predicted molar refractivity (Wildman–Crippen MR) is 78.3 cm³/mol. The summed E-state index contributed by atoms with van der Waals surface area (Å²) in [7, 11) is 0. The minimum absolute atomic E-state index is 0.349. The molecule has 0 saturated carbocycles. The molecule has 0 aliphatic heterocycles. The SMILES string of the molecule is CCCCN(CCCC)CC(CC)(CC)CN. The fraction of sp³-hybridized carbons (Fsp3) is 1.00. The minimum atomic E-state index is 0.349. The Hall–Kier alpha value is -0.0800. The first-order chi connectivity index (χ1) is 8.17. The molecule has 104 valence electrons. The summed E-state index contributed by atoms with van der Waals surface area (Å²) >= 11 is 0. The Kier molecular flexibility index (Phi) is 9.85. The molecule has 0 saturated heterocycles. The molecule has 0 aromatic rings. The number of nitrogens with zero attached hydrogens (tertiary/aromatic N) is 1. The van der Waals surface area contributed by atoms with Crippen molar-refractivity contribution in [3.63, 3.8) is 0 Å². The average Bonchev–Trinajstić information content (AvgIpc) is 2.38. The van der Waals surface area contributed by atoms with Gasteiger partial charge in [0.15, 0.2) is 0 Å². The molecule has 0 atom stereocenters. The molecular weight excluding hydrogens is 208 g/mol. The van der Waals surface area contributed by atoms with Crippen molar-refractivity contribution in [2.45, 2.75) is 66.2 Å². The lowest BCUT2D eigenvalue weighted by atomic mass is 9.82. The van der Waals surface area contributed by atoms with Gasteiger partial charge in [-0.25, -0.2) is 0 Å². The molecule has 0 unspecified atom stereocenters. The summed E-state index contributed by atoms with van der Waals surface area (Å²) in [5.74, 6) is 0. The van der Waals surface area contributed by atoms with Gasteiger partial charge in [0.2, 0.25) is 0 Å². The summed E-state index contributed by atoms with van der Waals surface area (Å²) in [6.07, 6.45) is 7.62. The third kappa shape index (κ3) is 6.42. The molecule has 0 fully saturated rings. The van der Waals surface area contributed by atoms with Gasteiger partial charge in [-0.05, 0) is 50.7 Å². The number of unbranched alkanes of at least 4 members (excludes halogenated alkanes) is 2. The standard InChI is InChI=1S/C15H34N2/c1-5-9-11-17(12-10-6-2)14-15(7-3,8-4)13-16/h5-14,16H2,1-4H3. The summed E-state index contributed by atoms with van der Waals surface area (Å²) in [6, 6.07) is 0. The highest BCUT2D eigenvalue weighted by molar-refractivity contribution is 4.81. The van der Waals surface area contributed by atoms with Crippen LogP contribution in [-0.4, -0.2) is 31.1 Å². The van der Waals surface area contributed by atoms with Gasteiger partial charge in [-0.1, -0.05) is 40.5 Å². The van der Waals surface area contributed by atoms with Crippen LogP contribution in [0.2, 0.25) is 0 Å². The molecule has 2 N–H and O–H groups in total. The van der Waals surface area contributed by atoms with Gasteiger partial charge in [0, 0.05) is 6.54 Å². The van der Waals surface area contributed by atoms with E-state index < -0.39 is 0 Å². The smallest absolute Gasteiger partial charge is 0.00499 e. The van der Waals surface area contributed by atoms with Crippen molar-refractivity contribution >= 4 is 0 Å². The second-order valence-corrected chi connectivity index (χ2v) is 5.39. The Labute approximate surface area is 109 Å². The first-order valence-corrected chi connectivity index (χ1v) is 7.60. The van der Waals surface area contributed by atoms with Crippen LogP contribution in [0.1, 0.15) is 66.2 Å². The maximum absolute atomic E-state index is 6.01. The minimum Gasteiger partial charge on any atom is -0.330 e. The van der Waals surface area contributed by atoms with Crippen LogP contribution < -0.4 is 5.73 Å². The van der Waals surface area contributed by atoms with Crippen LogP contribution in [-0.2, 0) is 0 Å². The Balaban J connectivity index is 4.34. The lowest BCUT2D eigenvalue weighted by Crippen LogP contribution is -2.42.